The molecule has 1 unspecified atom stereocenters. The van der Waals surface area contributed by atoms with Crippen LogP contribution >= 0.6 is 22.9 Å². The number of rotatable bonds is 5. The third-order valence-corrected chi connectivity index (χ3v) is 5.35. The molecule has 0 amide bonds. The van der Waals surface area contributed by atoms with Crippen molar-refractivity contribution in [2.24, 2.45) is 0 Å². The van der Waals surface area contributed by atoms with Crippen LogP contribution < -0.4 is 5.32 Å². The third kappa shape index (κ3) is 3.27. The summed E-state index contributed by atoms with van der Waals surface area (Å²) in [6.07, 6.45) is 2.53. The number of halogens is 1. The Morgan fingerprint density at radius 2 is 2.09 bits per heavy atom. The minimum absolute atomic E-state index is 0.355. The fourth-order valence-corrected chi connectivity index (χ4v) is 4.01. The van der Waals surface area contributed by atoms with E-state index < -0.39 is 0 Å². The molecule has 114 valence electrons. The largest absolute Gasteiger partial charge is 0.382 e. The molecule has 2 heterocycles. The van der Waals surface area contributed by atoms with E-state index in [0.29, 0.717) is 16.6 Å². The summed E-state index contributed by atoms with van der Waals surface area (Å²) in [5.74, 6) is 0. The summed E-state index contributed by atoms with van der Waals surface area (Å²) < 4.78 is 0. The van der Waals surface area contributed by atoms with Crippen LogP contribution in [0.4, 0.5) is 5.69 Å². The number of likely N-dealkylation sites (tertiary alicyclic amines) is 1. The summed E-state index contributed by atoms with van der Waals surface area (Å²) in [6, 6.07) is 12.4. The molecule has 1 fully saturated rings. The van der Waals surface area contributed by atoms with E-state index in [1.165, 1.54) is 17.7 Å². The molecular formula is C17H18ClN3S. The molecule has 5 heteroatoms. The first-order chi connectivity index (χ1) is 10.8. The summed E-state index contributed by atoms with van der Waals surface area (Å²) >= 11 is 7.89. The molecule has 3 nitrogen and oxygen atoms in total. The van der Waals surface area contributed by atoms with Gasteiger partial charge in [-0.05, 0) is 49.5 Å². The Morgan fingerprint density at radius 1 is 1.27 bits per heavy atom. The predicted octanol–water partition coefficient (Wildman–Crippen LogP) is 4.52. The molecule has 1 atom stereocenters. The number of hydrogen-bond acceptors (Lipinski definition) is 4. The van der Waals surface area contributed by atoms with Crippen LogP contribution in [0.3, 0.4) is 0 Å². The van der Waals surface area contributed by atoms with Crippen molar-refractivity contribution >= 4 is 28.6 Å². The van der Waals surface area contributed by atoms with Crippen molar-refractivity contribution < 1.29 is 0 Å². The lowest BCUT2D eigenvalue weighted by molar-refractivity contribution is 0.259. The molecule has 0 spiro atoms. The maximum Gasteiger partial charge on any atom is 0.103 e. The molecule has 0 bridgehead atoms. The normalized spacial score (nSPS) is 16.4. The van der Waals surface area contributed by atoms with Crippen LogP contribution in [0.2, 0.25) is 5.02 Å². The van der Waals surface area contributed by atoms with Crippen LogP contribution in [-0.2, 0) is 0 Å². The second-order valence-electron chi connectivity index (χ2n) is 5.43. The summed E-state index contributed by atoms with van der Waals surface area (Å²) in [7, 11) is 0. The van der Waals surface area contributed by atoms with Crippen LogP contribution in [0, 0.1) is 11.3 Å². The Morgan fingerprint density at radius 3 is 2.77 bits per heavy atom. The van der Waals surface area contributed by atoms with E-state index in [2.05, 4.69) is 33.8 Å². The fourth-order valence-electron chi connectivity index (χ4n) is 2.94. The topological polar surface area (TPSA) is 39.1 Å². The minimum Gasteiger partial charge on any atom is -0.382 e. The zero-order chi connectivity index (χ0) is 15.4. The van der Waals surface area contributed by atoms with Crippen LogP contribution in [0.5, 0.6) is 0 Å². The number of benzene rings is 1. The van der Waals surface area contributed by atoms with Gasteiger partial charge in [-0.1, -0.05) is 23.7 Å². The highest BCUT2D eigenvalue weighted by Gasteiger charge is 2.24. The van der Waals surface area contributed by atoms with Gasteiger partial charge in [0.2, 0.25) is 0 Å². The summed E-state index contributed by atoms with van der Waals surface area (Å²) in [4.78, 5) is 3.89. The van der Waals surface area contributed by atoms with Gasteiger partial charge in [-0.25, -0.2) is 0 Å². The minimum atomic E-state index is 0.355. The molecule has 1 N–H and O–H groups in total. The molecule has 2 aromatic rings. The standard InChI is InChI=1S/C17H18ClN3S/c18-14-5-3-6-15(13(14)11-19)20-12-16(17-7-4-10-22-17)21-8-1-2-9-21/h3-7,10,16,20H,1-2,8-9,12H2. The van der Waals surface area contributed by atoms with Crippen LogP contribution in [0.1, 0.15) is 29.3 Å². The molecule has 0 radical (unpaired) electrons. The van der Waals surface area contributed by atoms with Crippen LogP contribution in [0.25, 0.3) is 0 Å². The van der Waals surface area contributed by atoms with E-state index in [1.807, 2.05) is 12.1 Å². The summed E-state index contributed by atoms with van der Waals surface area (Å²) in [5.41, 5.74) is 1.34. The zero-order valence-electron chi connectivity index (χ0n) is 12.3. The van der Waals surface area contributed by atoms with Crippen molar-refractivity contribution in [1.82, 2.24) is 4.90 Å². The first kappa shape index (κ1) is 15.4. The molecule has 1 aliphatic rings. The van der Waals surface area contributed by atoms with E-state index in [4.69, 9.17) is 11.6 Å². The molecule has 3 rings (SSSR count). The highest BCUT2D eigenvalue weighted by atomic mass is 35.5. The molecular weight excluding hydrogens is 314 g/mol. The molecule has 1 aromatic heterocycles. The summed E-state index contributed by atoms with van der Waals surface area (Å²) in [5, 5.41) is 15.3. The number of thiophene rings is 1. The van der Waals surface area contributed by atoms with Crippen molar-refractivity contribution in [2.75, 3.05) is 25.0 Å². The predicted molar refractivity (Wildman–Crippen MR) is 92.5 cm³/mol. The molecule has 1 saturated heterocycles. The first-order valence-electron chi connectivity index (χ1n) is 7.49. The maximum atomic E-state index is 9.28. The van der Waals surface area contributed by atoms with E-state index >= 15 is 0 Å². The van der Waals surface area contributed by atoms with Gasteiger partial charge < -0.3 is 5.32 Å². The maximum absolute atomic E-state index is 9.28. The fraction of sp³-hybridized carbons (Fsp3) is 0.353. The van der Waals surface area contributed by atoms with Crippen molar-refractivity contribution in [3.63, 3.8) is 0 Å². The van der Waals surface area contributed by atoms with Crippen molar-refractivity contribution in [1.29, 1.82) is 5.26 Å². The molecule has 1 aliphatic heterocycles. The van der Waals surface area contributed by atoms with Crippen molar-refractivity contribution in [3.8, 4) is 6.07 Å². The van der Waals surface area contributed by atoms with E-state index in [0.717, 1.165) is 25.3 Å². The molecule has 0 aliphatic carbocycles. The number of hydrogen-bond donors (Lipinski definition) is 1. The van der Waals surface area contributed by atoms with Gasteiger partial charge in [0.05, 0.1) is 22.3 Å². The van der Waals surface area contributed by atoms with Gasteiger partial charge in [0.15, 0.2) is 0 Å². The Hall–Kier alpha value is -1.54. The average Bonchev–Trinajstić information content (AvgIpc) is 3.21. The van der Waals surface area contributed by atoms with Gasteiger partial charge in [0.25, 0.3) is 0 Å². The van der Waals surface area contributed by atoms with E-state index in [9.17, 15) is 5.26 Å². The lowest BCUT2D eigenvalue weighted by Gasteiger charge is -2.27. The smallest absolute Gasteiger partial charge is 0.103 e. The first-order valence-corrected chi connectivity index (χ1v) is 8.75. The monoisotopic (exact) mass is 331 g/mol. The van der Waals surface area contributed by atoms with Crippen molar-refractivity contribution in [3.05, 3.63) is 51.2 Å². The quantitative estimate of drug-likeness (QED) is 0.875. The summed E-state index contributed by atoms with van der Waals surface area (Å²) in [6.45, 7) is 3.07. The van der Waals surface area contributed by atoms with Gasteiger partial charge in [-0.3, -0.25) is 4.90 Å². The van der Waals surface area contributed by atoms with Gasteiger partial charge in [-0.2, -0.15) is 5.26 Å². The molecule has 1 aromatic carbocycles. The number of nitrogens with one attached hydrogen (secondary N) is 1. The Bertz CT molecular complexity index is 657. The van der Waals surface area contributed by atoms with E-state index in [1.54, 1.807) is 17.4 Å². The van der Waals surface area contributed by atoms with Gasteiger partial charge in [0, 0.05) is 11.4 Å². The number of nitrogens with zero attached hydrogens (tertiary/aromatic N) is 2. The third-order valence-electron chi connectivity index (χ3n) is 4.06. The average molecular weight is 332 g/mol. The second-order valence-corrected chi connectivity index (χ2v) is 6.82. The van der Waals surface area contributed by atoms with Crippen LogP contribution in [-0.4, -0.2) is 24.5 Å². The highest BCUT2D eigenvalue weighted by molar-refractivity contribution is 7.10. The number of nitriles is 1. The highest BCUT2D eigenvalue weighted by Crippen LogP contribution is 2.30. The lowest BCUT2D eigenvalue weighted by atomic mass is 10.1. The van der Waals surface area contributed by atoms with Crippen LogP contribution in [0.15, 0.2) is 35.7 Å². The van der Waals surface area contributed by atoms with Gasteiger partial charge >= 0.3 is 0 Å². The zero-order valence-corrected chi connectivity index (χ0v) is 13.8. The van der Waals surface area contributed by atoms with Gasteiger partial charge in [0.1, 0.15) is 6.07 Å². The lowest BCUT2D eigenvalue weighted by Crippen LogP contribution is -2.30. The second kappa shape index (κ2) is 7.15. The molecule has 22 heavy (non-hydrogen) atoms. The van der Waals surface area contributed by atoms with Gasteiger partial charge in [-0.15, -0.1) is 11.3 Å². The SMILES string of the molecule is N#Cc1c(Cl)cccc1NCC(c1cccs1)N1CCCC1. The Labute approximate surface area is 140 Å². The van der Waals surface area contributed by atoms with E-state index in [-0.39, 0.29) is 0 Å². The number of anilines is 1. The Kier molecular flexibility index (Phi) is 4.99. The van der Waals surface area contributed by atoms with Crippen molar-refractivity contribution in [2.45, 2.75) is 18.9 Å². The Balaban J connectivity index is 1.77. The molecule has 0 saturated carbocycles.